The topological polar surface area (TPSA) is 139 Å². The molecule has 0 bridgehead atoms. The van der Waals surface area contributed by atoms with Gasteiger partial charge in [0, 0.05) is 18.8 Å². The summed E-state index contributed by atoms with van der Waals surface area (Å²) in [4.78, 5) is 27.6. The van der Waals surface area contributed by atoms with Crippen molar-refractivity contribution in [3.05, 3.63) is 96.1 Å². The van der Waals surface area contributed by atoms with Crippen LogP contribution in [-0.2, 0) is 20.4 Å². The van der Waals surface area contributed by atoms with Gasteiger partial charge >= 0.3 is 5.97 Å². The average molecular weight is 480 g/mol. The lowest BCUT2D eigenvalue weighted by atomic mass is 9.86. The number of aliphatic carboxylic acids is 1. The van der Waals surface area contributed by atoms with Gasteiger partial charge in [-0.2, -0.15) is 0 Å². The van der Waals surface area contributed by atoms with Gasteiger partial charge in [0.15, 0.2) is 0 Å². The van der Waals surface area contributed by atoms with E-state index in [1.165, 1.54) is 25.2 Å². The zero-order chi connectivity index (χ0) is 24.5. The van der Waals surface area contributed by atoms with E-state index < -0.39 is 28.0 Å². The van der Waals surface area contributed by atoms with Gasteiger partial charge in [0.1, 0.15) is 11.9 Å². The third-order valence-corrected chi connectivity index (χ3v) is 7.14. The quantitative estimate of drug-likeness (QED) is 0.370. The lowest BCUT2D eigenvalue weighted by Crippen LogP contribution is -2.31. The zero-order valence-corrected chi connectivity index (χ0v) is 18.9. The van der Waals surface area contributed by atoms with Gasteiger partial charge in [-0.1, -0.05) is 36.4 Å². The van der Waals surface area contributed by atoms with Crippen LogP contribution in [0.5, 0.6) is 0 Å². The number of nitrogens with one attached hydrogen (secondary N) is 1. The second kappa shape index (κ2) is 8.73. The highest BCUT2D eigenvalue weighted by atomic mass is 32.2. The van der Waals surface area contributed by atoms with Crippen LogP contribution in [0.4, 0.5) is 0 Å². The fraction of sp³-hybridized carbons (Fsp3) is 0.125. The number of hydrogen-bond acceptors (Lipinski definition) is 6. The molecule has 9 nitrogen and oxygen atoms in total. The van der Waals surface area contributed by atoms with Crippen molar-refractivity contribution in [2.75, 3.05) is 7.05 Å². The molecule has 3 N–H and O–H groups in total. The Balaban J connectivity index is 1.79. The average Bonchev–Trinajstić information content (AvgIpc) is 3.35. The largest absolute Gasteiger partial charge is 0.481 e. The number of carboxylic acids is 1. The van der Waals surface area contributed by atoms with Gasteiger partial charge in [0.2, 0.25) is 0 Å². The van der Waals surface area contributed by atoms with Crippen LogP contribution in [0.25, 0.3) is 10.8 Å². The number of rotatable bonds is 7. The molecule has 4 rings (SSSR count). The molecule has 1 atom stereocenters. The van der Waals surface area contributed by atoms with E-state index in [1.54, 1.807) is 48.5 Å². The molecule has 34 heavy (non-hydrogen) atoms. The molecule has 0 spiro atoms. The lowest BCUT2D eigenvalue weighted by molar-refractivity contribution is -0.141. The first kappa shape index (κ1) is 23.1. The summed E-state index contributed by atoms with van der Waals surface area (Å²) >= 11 is 0. The van der Waals surface area contributed by atoms with Crippen molar-refractivity contribution in [2.24, 2.45) is 0 Å². The number of aromatic nitrogens is 2. The Morgan fingerprint density at radius 2 is 1.71 bits per heavy atom. The number of aliphatic hydroxyl groups is 1. The van der Waals surface area contributed by atoms with Crippen LogP contribution in [0.1, 0.15) is 28.0 Å². The highest BCUT2D eigenvalue weighted by molar-refractivity contribution is 7.90. The lowest BCUT2D eigenvalue weighted by Gasteiger charge is -2.25. The first-order valence-electron chi connectivity index (χ1n) is 10.2. The summed E-state index contributed by atoms with van der Waals surface area (Å²) in [5, 5.41) is 24.9. The molecule has 0 saturated heterocycles. The third kappa shape index (κ3) is 4.16. The van der Waals surface area contributed by atoms with Crippen LogP contribution < -0.4 is 5.32 Å². The van der Waals surface area contributed by atoms with Gasteiger partial charge in [-0.25, -0.2) is 17.4 Å². The van der Waals surface area contributed by atoms with Crippen molar-refractivity contribution in [1.29, 1.82) is 0 Å². The van der Waals surface area contributed by atoms with Crippen LogP contribution in [-0.4, -0.2) is 46.5 Å². The standard InChI is InChI=1S/C24H21N3O6S/c1-25-23(30)18-8-7-17-12-19(10-9-16(17)11-18)24(31,13-22(28)29)21-14-27(15-26-21)34(32,33)20-5-3-2-4-6-20/h2-12,14-15,31H,13H2,1H3,(H,25,30)(H,28,29)/t24-/m0/s1. The Labute approximate surface area is 195 Å². The first-order chi connectivity index (χ1) is 16.1. The molecule has 0 saturated carbocycles. The van der Waals surface area contributed by atoms with E-state index in [2.05, 4.69) is 10.3 Å². The Morgan fingerprint density at radius 1 is 1.03 bits per heavy atom. The number of nitrogens with zero attached hydrogens (tertiary/aromatic N) is 2. The van der Waals surface area contributed by atoms with Gasteiger partial charge in [-0.05, 0) is 46.7 Å². The number of carbonyl (C=O) groups is 2. The summed E-state index contributed by atoms with van der Waals surface area (Å²) in [6.07, 6.45) is 1.41. The number of benzene rings is 3. The molecule has 0 aliphatic heterocycles. The highest BCUT2D eigenvalue weighted by Crippen LogP contribution is 2.34. The molecular formula is C24H21N3O6S. The molecule has 0 fully saturated rings. The van der Waals surface area contributed by atoms with Crippen LogP contribution in [0.15, 0.2) is 84.1 Å². The summed E-state index contributed by atoms with van der Waals surface area (Å²) in [6, 6.07) is 17.4. The number of fused-ring (bicyclic) bond motifs is 1. The second-order valence-electron chi connectivity index (χ2n) is 7.69. The molecule has 174 valence electrons. The molecule has 10 heteroatoms. The summed E-state index contributed by atoms with van der Waals surface area (Å²) in [5.41, 5.74) is -1.56. The van der Waals surface area contributed by atoms with Crippen molar-refractivity contribution in [3.8, 4) is 0 Å². The molecule has 0 radical (unpaired) electrons. The smallest absolute Gasteiger partial charge is 0.307 e. The normalized spacial score (nSPS) is 13.4. The predicted octanol–water partition coefficient (Wildman–Crippen LogP) is 2.34. The minimum Gasteiger partial charge on any atom is -0.481 e. The van der Waals surface area contributed by atoms with Gasteiger partial charge in [0.25, 0.3) is 15.9 Å². The SMILES string of the molecule is CNC(=O)c1ccc2cc([C@@](O)(CC(=O)O)c3cn(S(=O)(=O)c4ccccc4)cn3)ccc2c1. The zero-order valence-electron chi connectivity index (χ0n) is 18.0. The van der Waals surface area contributed by atoms with Crippen molar-refractivity contribution in [1.82, 2.24) is 14.3 Å². The minimum absolute atomic E-state index is 0.0262. The van der Waals surface area contributed by atoms with Crippen LogP contribution in [0, 0.1) is 0 Å². The van der Waals surface area contributed by atoms with E-state index in [0.29, 0.717) is 16.3 Å². The monoisotopic (exact) mass is 479 g/mol. The van der Waals surface area contributed by atoms with Crippen molar-refractivity contribution in [2.45, 2.75) is 16.9 Å². The Hall–Kier alpha value is -4.02. The number of carboxylic acid groups (broad SMARTS) is 1. The van der Waals surface area contributed by atoms with E-state index in [0.717, 1.165) is 16.5 Å². The van der Waals surface area contributed by atoms with Crippen LogP contribution in [0.3, 0.4) is 0 Å². The van der Waals surface area contributed by atoms with E-state index in [9.17, 15) is 28.2 Å². The number of amides is 1. The van der Waals surface area contributed by atoms with Gasteiger partial charge in [0.05, 0.1) is 17.0 Å². The molecule has 1 heterocycles. The maximum Gasteiger partial charge on any atom is 0.307 e. The molecule has 0 aliphatic rings. The van der Waals surface area contributed by atoms with Gasteiger partial charge in [-0.3, -0.25) is 9.59 Å². The minimum atomic E-state index is -3.98. The fourth-order valence-corrected chi connectivity index (χ4v) is 4.87. The fourth-order valence-electron chi connectivity index (χ4n) is 3.71. The van der Waals surface area contributed by atoms with Gasteiger partial charge < -0.3 is 15.5 Å². The van der Waals surface area contributed by atoms with E-state index in [4.69, 9.17) is 0 Å². The molecular weight excluding hydrogens is 458 g/mol. The maximum absolute atomic E-state index is 12.9. The predicted molar refractivity (Wildman–Crippen MR) is 124 cm³/mol. The van der Waals surface area contributed by atoms with Crippen LogP contribution in [0.2, 0.25) is 0 Å². The molecule has 1 amide bonds. The summed E-state index contributed by atoms with van der Waals surface area (Å²) in [6.45, 7) is 0. The molecule has 4 aromatic rings. The van der Waals surface area contributed by atoms with Crippen molar-refractivity contribution >= 4 is 32.7 Å². The summed E-state index contributed by atoms with van der Waals surface area (Å²) in [5.74, 6) is -1.54. The summed E-state index contributed by atoms with van der Waals surface area (Å²) in [7, 11) is -2.45. The molecule has 0 aliphatic carbocycles. The highest BCUT2D eigenvalue weighted by Gasteiger charge is 2.37. The number of hydrogen-bond donors (Lipinski definition) is 3. The van der Waals surface area contributed by atoms with E-state index >= 15 is 0 Å². The van der Waals surface area contributed by atoms with E-state index in [-0.39, 0.29) is 22.1 Å². The van der Waals surface area contributed by atoms with Crippen molar-refractivity contribution in [3.63, 3.8) is 0 Å². The maximum atomic E-state index is 12.9. The second-order valence-corrected chi connectivity index (χ2v) is 9.54. The van der Waals surface area contributed by atoms with Gasteiger partial charge in [-0.15, -0.1) is 0 Å². The first-order valence-corrected chi connectivity index (χ1v) is 11.6. The molecule has 1 aromatic heterocycles. The third-order valence-electron chi connectivity index (χ3n) is 5.52. The number of imidazole rings is 1. The van der Waals surface area contributed by atoms with Crippen LogP contribution >= 0.6 is 0 Å². The Morgan fingerprint density at radius 3 is 2.38 bits per heavy atom. The molecule has 0 unspecified atom stereocenters. The number of carbonyl (C=O) groups excluding carboxylic acids is 1. The van der Waals surface area contributed by atoms with E-state index in [1.807, 2.05) is 0 Å². The van der Waals surface area contributed by atoms with Crippen molar-refractivity contribution < 1.29 is 28.2 Å². The Bertz CT molecular complexity index is 1500. The summed E-state index contributed by atoms with van der Waals surface area (Å²) < 4.78 is 26.7. The molecule has 3 aromatic carbocycles. The Kier molecular flexibility index (Phi) is 5.94.